The Balaban J connectivity index is 1.83. The lowest BCUT2D eigenvalue weighted by atomic mass is 10.0. The van der Waals surface area contributed by atoms with Gasteiger partial charge < -0.3 is 4.90 Å². The Labute approximate surface area is 174 Å². The number of rotatable bonds is 3. The highest BCUT2D eigenvalue weighted by Gasteiger charge is 2.35. The van der Waals surface area contributed by atoms with Crippen molar-refractivity contribution in [3.63, 3.8) is 0 Å². The van der Waals surface area contributed by atoms with Crippen molar-refractivity contribution < 1.29 is 4.79 Å². The van der Waals surface area contributed by atoms with Gasteiger partial charge >= 0.3 is 0 Å². The van der Waals surface area contributed by atoms with Crippen molar-refractivity contribution in [2.24, 2.45) is 0 Å². The van der Waals surface area contributed by atoms with Gasteiger partial charge in [-0.25, -0.2) is 0 Å². The molecule has 140 valence electrons. The van der Waals surface area contributed by atoms with E-state index in [0.29, 0.717) is 21.3 Å². The predicted octanol–water partition coefficient (Wildman–Crippen LogP) is 6.28. The summed E-state index contributed by atoms with van der Waals surface area (Å²) in [6.07, 6.45) is 1.91. The van der Waals surface area contributed by atoms with E-state index < -0.39 is 0 Å². The molecule has 3 aromatic carbocycles. The molecule has 0 fully saturated rings. The van der Waals surface area contributed by atoms with Crippen LogP contribution in [0, 0.1) is 0 Å². The Morgan fingerprint density at radius 2 is 1.50 bits per heavy atom. The second-order valence-corrected chi connectivity index (χ2v) is 7.59. The molecule has 3 nitrogen and oxygen atoms in total. The van der Waals surface area contributed by atoms with Gasteiger partial charge in [0.25, 0.3) is 5.91 Å². The maximum Gasteiger partial charge on any atom is 0.263 e. The molecule has 1 heterocycles. The van der Waals surface area contributed by atoms with Crippen LogP contribution in [0.2, 0.25) is 10.0 Å². The molecule has 0 bridgehead atoms. The van der Waals surface area contributed by atoms with Gasteiger partial charge in [0.05, 0.1) is 27.0 Å². The molecule has 1 aliphatic heterocycles. The Morgan fingerprint density at radius 1 is 0.857 bits per heavy atom. The van der Waals surface area contributed by atoms with Crippen LogP contribution in [-0.4, -0.2) is 20.0 Å². The quantitative estimate of drug-likeness (QED) is 0.476. The summed E-state index contributed by atoms with van der Waals surface area (Å²) in [5, 5.41) is 0.875. The van der Waals surface area contributed by atoms with E-state index in [0.717, 1.165) is 22.5 Å². The van der Waals surface area contributed by atoms with Crippen LogP contribution in [0.3, 0.4) is 0 Å². The molecular formula is C23H18Cl2N2O. The molecule has 0 unspecified atom stereocenters. The highest BCUT2D eigenvalue weighted by atomic mass is 35.5. The van der Waals surface area contributed by atoms with Gasteiger partial charge in [-0.2, -0.15) is 0 Å². The fraction of sp³-hybridized carbons (Fsp3) is 0.0870. The van der Waals surface area contributed by atoms with Crippen LogP contribution in [0.5, 0.6) is 0 Å². The molecule has 3 aromatic rings. The molecule has 0 saturated heterocycles. The van der Waals surface area contributed by atoms with Crippen molar-refractivity contribution in [3.05, 3.63) is 87.9 Å². The molecule has 0 spiro atoms. The monoisotopic (exact) mass is 408 g/mol. The lowest BCUT2D eigenvalue weighted by molar-refractivity contribution is -0.112. The van der Waals surface area contributed by atoms with Gasteiger partial charge in [-0.05, 0) is 42.0 Å². The van der Waals surface area contributed by atoms with E-state index in [1.54, 1.807) is 23.1 Å². The van der Waals surface area contributed by atoms with Crippen LogP contribution >= 0.6 is 23.2 Å². The zero-order valence-electron chi connectivity index (χ0n) is 15.5. The molecule has 4 rings (SSSR count). The smallest absolute Gasteiger partial charge is 0.263 e. The van der Waals surface area contributed by atoms with E-state index in [-0.39, 0.29) is 5.91 Å². The normalized spacial score (nSPS) is 14.5. The molecule has 0 N–H and O–H groups in total. The molecule has 0 radical (unpaired) electrons. The topological polar surface area (TPSA) is 23.6 Å². The van der Waals surface area contributed by atoms with Crippen molar-refractivity contribution in [1.29, 1.82) is 0 Å². The van der Waals surface area contributed by atoms with Gasteiger partial charge in [0.15, 0.2) is 0 Å². The number of carbonyl (C=O) groups excluding carboxylic acids is 1. The number of carbonyl (C=O) groups is 1. The second kappa shape index (κ2) is 7.34. The standard InChI is InChI=1S/C23H18Cl2N2O/c1-26(2)16-12-10-15(11-13-16)14-18-17-6-3-4-9-21(17)27(23(18)28)22-19(24)7-5-8-20(22)25/h3-14H,1-2H3/b18-14+. The molecule has 1 aliphatic rings. The predicted molar refractivity (Wildman–Crippen MR) is 119 cm³/mol. The molecule has 28 heavy (non-hydrogen) atoms. The summed E-state index contributed by atoms with van der Waals surface area (Å²) in [5.74, 6) is -0.145. The number of benzene rings is 3. The average Bonchev–Trinajstić information content (AvgIpc) is 2.95. The number of para-hydroxylation sites is 2. The van der Waals surface area contributed by atoms with Gasteiger partial charge in [-0.15, -0.1) is 0 Å². The Hall–Kier alpha value is -2.75. The first-order chi connectivity index (χ1) is 13.5. The average molecular weight is 409 g/mol. The minimum Gasteiger partial charge on any atom is -0.378 e. The van der Waals surface area contributed by atoms with Crippen molar-refractivity contribution >= 4 is 57.8 Å². The Morgan fingerprint density at radius 3 is 2.14 bits per heavy atom. The Bertz CT molecular complexity index is 1070. The van der Waals surface area contributed by atoms with Gasteiger partial charge in [0.1, 0.15) is 0 Å². The van der Waals surface area contributed by atoms with E-state index >= 15 is 0 Å². The third-order valence-electron chi connectivity index (χ3n) is 4.75. The zero-order valence-corrected chi connectivity index (χ0v) is 17.0. The van der Waals surface area contributed by atoms with Crippen molar-refractivity contribution in [1.82, 2.24) is 0 Å². The fourth-order valence-electron chi connectivity index (χ4n) is 3.34. The summed E-state index contributed by atoms with van der Waals surface area (Å²) in [6, 6.07) is 21.0. The lowest BCUT2D eigenvalue weighted by Gasteiger charge is -2.20. The lowest BCUT2D eigenvalue weighted by Crippen LogP contribution is -2.21. The number of fused-ring (bicyclic) bond motifs is 1. The molecule has 0 atom stereocenters. The van der Waals surface area contributed by atoms with Crippen LogP contribution in [0.4, 0.5) is 17.1 Å². The summed E-state index contributed by atoms with van der Waals surface area (Å²) in [5.41, 5.74) is 4.82. The minimum atomic E-state index is -0.145. The van der Waals surface area contributed by atoms with E-state index in [1.165, 1.54) is 0 Å². The summed E-state index contributed by atoms with van der Waals surface area (Å²) < 4.78 is 0. The highest BCUT2D eigenvalue weighted by Crippen LogP contribution is 2.46. The van der Waals surface area contributed by atoms with Crippen LogP contribution in [0.1, 0.15) is 11.1 Å². The summed E-state index contributed by atoms with van der Waals surface area (Å²) >= 11 is 12.8. The molecule has 1 amide bonds. The minimum absolute atomic E-state index is 0.145. The van der Waals surface area contributed by atoms with Crippen LogP contribution in [-0.2, 0) is 4.79 Å². The SMILES string of the molecule is CN(C)c1ccc(/C=C2/C(=O)N(c3c(Cl)cccc3Cl)c3ccccc32)cc1. The van der Waals surface area contributed by atoms with Crippen molar-refractivity contribution in [2.45, 2.75) is 0 Å². The number of hydrogen-bond acceptors (Lipinski definition) is 2. The third-order valence-corrected chi connectivity index (χ3v) is 5.36. The van der Waals surface area contributed by atoms with Gasteiger partial charge in [0, 0.05) is 25.3 Å². The van der Waals surface area contributed by atoms with Crippen LogP contribution in [0.15, 0.2) is 66.7 Å². The van der Waals surface area contributed by atoms with Crippen molar-refractivity contribution in [2.75, 3.05) is 23.9 Å². The summed E-state index contributed by atoms with van der Waals surface area (Å²) in [6.45, 7) is 0. The van der Waals surface area contributed by atoms with Crippen LogP contribution in [0.25, 0.3) is 11.6 Å². The number of hydrogen-bond donors (Lipinski definition) is 0. The second-order valence-electron chi connectivity index (χ2n) is 6.77. The van der Waals surface area contributed by atoms with E-state index in [2.05, 4.69) is 0 Å². The molecule has 0 aliphatic carbocycles. The zero-order chi connectivity index (χ0) is 19.8. The maximum atomic E-state index is 13.4. The van der Waals surface area contributed by atoms with Crippen molar-refractivity contribution in [3.8, 4) is 0 Å². The summed E-state index contributed by atoms with van der Waals surface area (Å²) in [4.78, 5) is 17.0. The molecule has 0 aromatic heterocycles. The first kappa shape index (κ1) is 18.6. The largest absolute Gasteiger partial charge is 0.378 e. The number of anilines is 3. The first-order valence-corrected chi connectivity index (χ1v) is 9.60. The van der Waals surface area contributed by atoms with Gasteiger partial charge in [-0.3, -0.25) is 9.69 Å². The number of nitrogens with zero attached hydrogens (tertiary/aromatic N) is 2. The fourth-order valence-corrected chi connectivity index (χ4v) is 3.91. The number of amides is 1. The highest BCUT2D eigenvalue weighted by molar-refractivity contribution is 6.44. The van der Waals surface area contributed by atoms with E-state index in [9.17, 15) is 4.79 Å². The maximum absolute atomic E-state index is 13.4. The molecular weight excluding hydrogens is 391 g/mol. The third kappa shape index (κ3) is 3.17. The van der Waals surface area contributed by atoms with Gasteiger partial charge in [0.2, 0.25) is 0 Å². The van der Waals surface area contributed by atoms with Crippen LogP contribution < -0.4 is 9.80 Å². The van der Waals surface area contributed by atoms with E-state index in [4.69, 9.17) is 23.2 Å². The first-order valence-electron chi connectivity index (χ1n) is 8.84. The summed E-state index contributed by atoms with van der Waals surface area (Å²) in [7, 11) is 3.99. The molecule has 0 saturated carbocycles. The van der Waals surface area contributed by atoms with Gasteiger partial charge in [-0.1, -0.05) is 59.6 Å². The number of halogens is 2. The molecule has 5 heteroatoms. The van der Waals surface area contributed by atoms with E-state index in [1.807, 2.05) is 73.6 Å². The Kier molecular flexibility index (Phi) is 4.88.